The quantitative estimate of drug-likeness (QED) is 0.817. The molecule has 0 bridgehead atoms. The molecule has 0 saturated carbocycles. The zero-order valence-electron chi connectivity index (χ0n) is 11.9. The third-order valence-electron chi connectivity index (χ3n) is 3.06. The fraction of sp³-hybridized carbons (Fsp3) is 0.438. The molecule has 108 valence electrons. The highest BCUT2D eigenvalue weighted by molar-refractivity contribution is 6.31. The van der Waals surface area contributed by atoms with Gasteiger partial charge in [0.05, 0.1) is 12.3 Å². The summed E-state index contributed by atoms with van der Waals surface area (Å²) in [6.07, 6.45) is 2.01. The van der Waals surface area contributed by atoms with E-state index in [0.717, 1.165) is 12.8 Å². The van der Waals surface area contributed by atoms with E-state index in [2.05, 4.69) is 17.2 Å². The van der Waals surface area contributed by atoms with Gasteiger partial charge in [-0.25, -0.2) is 0 Å². The molecule has 0 aromatic heterocycles. The summed E-state index contributed by atoms with van der Waals surface area (Å²) in [5.41, 5.74) is 1.34. The highest BCUT2D eigenvalue weighted by atomic mass is 35.5. The maximum absolute atomic E-state index is 12.1. The number of nitrogens with one attached hydrogen (secondary N) is 1. The van der Waals surface area contributed by atoms with Crippen LogP contribution < -0.4 is 5.32 Å². The van der Waals surface area contributed by atoms with Gasteiger partial charge in [0.2, 0.25) is 5.91 Å². The van der Waals surface area contributed by atoms with Gasteiger partial charge in [-0.05, 0) is 31.0 Å². The van der Waals surface area contributed by atoms with Crippen molar-refractivity contribution in [3.63, 3.8) is 0 Å². The molecule has 0 aliphatic carbocycles. The molecular formula is C16H20ClNO2. The zero-order valence-corrected chi connectivity index (χ0v) is 12.6. The lowest BCUT2D eigenvalue weighted by Gasteiger charge is -2.14. The van der Waals surface area contributed by atoms with Crippen molar-refractivity contribution in [1.29, 1.82) is 0 Å². The number of aliphatic hydroxyl groups excluding tert-OH is 1. The smallest absolute Gasteiger partial charge is 0.227 e. The van der Waals surface area contributed by atoms with Gasteiger partial charge in [-0.15, -0.1) is 0 Å². The predicted octanol–water partition coefficient (Wildman–Crippen LogP) is 3.45. The maximum Gasteiger partial charge on any atom is 0.227 e. The van der Waals surface area contributed by atoms with Crippen molar-refractivity contribution < 1.29 is 9.90 Å². The highest BCUT2D eigenvalue weighted by Gasteiger charge is 2.15. The van der Waals surface area contributed by atoms with E-state index < -0.39 is 0 Å². The molecule has 3 nitrogen and oxygen atoms in total. The van der Waals surface area contributed by atoms with Crippen LogP contribution in [0.25, 0.3) is 0 Å². The van der Waals surface area contributed by atoms with E-state index in [1.807, 2.05) is 13.8 Å². The first-order valence-electron chi connectivity index (χ1n) is 6.82. The number of benzene rings is 1. The van der Waals surface area contributed by atoms with E-state index in [1.54, 1.807) is 18.2 Å². The molecule has 4 heteroatoms. The lowest BCUT2D eigenvalue weighted by molar-refractivity contribution is -0.120. The van der Waals surface area contributed by atoms with Crippen LogP contribution in [-0.2, 0) is 4.79 Å². The monoisotopic (exact) mass is 293 g/mol. The van der Waals surface area contributed by atoms with Gasteiger partial charge in [-0.3, -0.25) is 4.79 Å². The summed E-state index contributed by atoms with van der Waals surface area (Å²) in [6, 6.07) is 5.21. The van der Waals surface area contributed by atoms with Gasteiger partial charge in [0.15, 0.2) is 0 Å². The molecule has 0 aliphatic rings. The molecule has 1 aromatic carbocycles. The molecule has 0 spiro atoms. The summed E-state index contributed by atoms with van der Waals surface area (Å²) in [4.78, 5) is 12.1. The van der Waals surface area contributed by atoms with Crippen LogP contribution in [0, 0.1) is 17.8 Å². The summed E-state index contributed by atoms with van der Waals surface area (Å²) in [5, 5.41) is 12.2. The summed E-state index contributed by atoms with van der Waals surface area (Å²) in [6.45, 7) is 4.01. The first-order valence-corrected chi connectivity index (χ1v) is 7.20. The zero-order chi connectivity index (χ0) is 15.0. The van der Waals surface area contributed by atoms with Gasteiger partial charge < -0.3 is 10.4 Å². The van der Waals surface area contributed by atoms with Crippen molar-refractivity contribution in [3.05, 3.63) is 28.8 Å². The molecular weight excluding hydrogens is 274 g/mol. The fourth-order valence-corrected chi connectivity index (χ4v) is 2.01. The van der Waals surface area contributed by atoms with Crippen LogP contribution in [0.15, 0.2) is 18.2 Å². The van der Waals surface area contributed by atoms with E-state index in [0.29, 0.717) is 22.7 Å². The molecule has 0 atom stereocenters. The molecule has 2 N–H and O–H groups in total. The highest BCUT2D eigenvalue weighted by Crippen LogP contribution is 2.22. The van der Waals surface area contributed by atoms with Crippen molar-refractivity contribution in [2.45, 2.75) is 33.1 Å². The van der Waals surface area contributed by atoms with Gasteiger partial charge in [0.25, 0.3) is 0 Å². The Morgan fingerprint density at radius 3 is 2.70 bits per heavy atom. The van der Waals surface area contributed by atoms with Crippen LogP contribution in [0.1, 0.15) is 38.7 Å². The number of amides is 1. The third-order valence-corrected chi connectivity index (χ3v) is 3.29. The molecule has 0 fully saturated rings. The Kier molecular flexibility index (Phi) is 7.14. The minimum atomic E-state index is -0.0116. The summed E-state index contributed by atoms with van der Waals surface area (Å²) < 4.78 is 0. The minimum Gasteiger partial charge on any atom is -0.395 e. The van der Waals surface area contributed by atoms with Crippen LogP contribution in [0.4, 0.5) is 5.69 Å². The SMILES string of the molecule is CCC(CC)C(=O)Nc1cc(Cl)ccc1C#CCCO. The Morgan fingerprint density at radius 2 is 2.10 bits per heavy atom. The lowest BCUT2D eigenvalue weighted by Crippen LogP contribution is -2.22. The normalized spacial score (nSPS) is 10.1. The van der Waals surface area contributed by atoms with Gasteiger partial charge in [-0.2, -0.15) is 0 Å². The van der Waals surface area contributed by atoms with Crippen LogP contribution in [0.3, 0.4) is 0 Å². The number of rotatable bonds is 5. The van der Waals surface area contributed by atoms with Gasteiger partial charge in [0, 0.05) is 22.9 Å². The predicted molar refractivity (Wildman–Crippen MR) is 82.7 cm³/mol. The van der Waals surface area contributed by atoms with Crippen molar-refractivity contribution >= 4 is 23.2 Å². The molecule has 0 saturated heterocycles. The van der Waals surface area contributed by atoms with Crippen LogP contribution >= 0.6 is 11.6 Å². The third kappa shape index (κ3) is 4.88. The summed E-state index contributed by atoms with van der Waals surface area (Å²) in [5.74, 6) is 5.77. The Labute approximate surface area is 125 Å². The van der Waals surface area contributed by atoms with Crippen molar-refractivity contribution in [3.8, 4) is 11.8 Å². The van der Waals surface area contributed by atoms with E-state index in [1.165, 1.54) is 0 Å². The van der Waals surface area contributed by atoms with Gasteiger partial charge >= 0.3 is 0 Å². The molecule has 0 unspecified atom stereocenters. The Bertz CT molecular complexity index is 513. The molecule has 0 aliphatic heterocycles. The second-order valence-corrected chi connectivity index (χ2v) is 4.90. The number of carbonyl (C=O) groups is 1. The van der Waals surface area contributed by atoms with Crippen LogP contribution in [0.2, 0.25) is 5.02 Å². The van der Waals surface area contributed by atoms with E-state index in [-0.39, 0.29) is 18.4 Å². The standard InChI is InChI=1S/C16H20ClNO2/c1-3-12(4-2)16(20)18-15-11-14(17)9-8-13(15)7-5-6-10-19/h8-9,11-12,19H,3-4,6,10H2,1-2H3,(H,18,20). The number of hydrogen-bond donors (Lipinski definition) is 2. The van der Waals surface area contributed by atoms with E-state index in [9.17, 15) is 4.79 Å². The molecule has 1 amide bonds. The molecule has 20 heavy (non-hydrogen) atoms. The number of aliphatic hydroxyl groups is 1. The fourth-order valence-electron chi connectivity index (χ4n) is 1.84. The topological polar surface area (TPSA) is 49.3 Å². The first-order chi connectivity index (χ1) is 9.62. The van der Waals surface area contributed by atoms with Crippen molar-refractivity contribution in [1.82, 2.24) is 0 Å². The average molecular weight is 294 g/mol. The van der Waals surface area contributed by atoms with Gasteiger partial charge in [-0.1, -0.05) is 37.3 Å². The number of halogens is 1. The number of hydrogen-bond acceptors (Lipinski definition) is 2. The van der Waals surface area contributed by atoms with Crippen LogP contribution in [-0.4, -0.2) is 17.6 Å². The molecule has 1 rings (SSSR count). The number of carbonyl (C=O) groups excluding carboxylic acids is 1. The Hall–Kier alpha value is -1.50. The largest absolute Gasteiger partial charge is 0.395 e. The van der Waals surface area contributed by atoms with E-state index in [4.69, 9.17) is 16.7 Å². The second-order valence-electron chi connectivity index (χ2n) is 4.47. The molecule has 0 heterocycles. The summed E-state index contributed by atoms with van der Waals surface area (Å²) >= 11 is 5.97. The maximum atomic E-state index is 12.1. The molecule has 1 aromatic rings. The lowest BCUT2D eigenvalue weighted by atomic mass is 10.0. The number of anilines is 1. The van der Waals surface area contributed by atoms with Crippen LogP contribution in [0.5, 0.6) is 0 Å². The van der Waals surface area contributed by atoms with Gasteiger partial charge in [0.1, 0.15) is 0 Å². The minimum absolute atomic E-state index is 0.00719. The summed E-state index contributed by atoms with van der Waals surface area (Å²) in [7, 11) is 0. The van der Waals surface area contributed by atoms with Crippen molar-refractivity contribution in [2.24, 2.45) is 5.92 Å². The van der Waals surface area contributed by atoms with Crippen molar-refractivity contribution in [2.75, 3.05) is 11.9 Å². The Morgan fingerprint density at radius 1 is 1.40 bits per heavy atom. The average Bonchev–Trinajstić information content (AvgIpc) is 2.43. The Balaban J connectivity index is 2.95. The van der Waals surface area contributed by atoms with E-state index >= 15 is 0 Å². The second kappa shape index (κ2) is 8.63. The first kappa shape index (κ1) is 16.6. The molecule has 0 radical (unpaired) electrons.